The van der Waals surface area contributed by atoms with Gasteiger partial charge in [-0.05, 0) is 37.6 Å². The van der Waals surface area contributed by atoms with Gasteiger partial charge in [-0.15, -0.1) is 0 Å². The van der Waals surface area contributed by atoms with Gasteiger partial charge in [0.2, 0.25) is 0 Å². The Labute approximate surface area is 101 Å². The summed E-state index contributed by atoms with van der Waals surface area (Å²) in [4.78, 5) is 12.2. The van der Waals surface area contributed by atoms with Crippen molar-refractivity contribution in [3.8, 4) is 11.5 Å². The van der Waals surface area contributed by atoms with Crippen LogP contribution in [0.2, 0.25) is 0 Å². The number of benzene rings is 1. The lowest BCUT2D eigenvalue weighted by Gasteiger charge is -2.12. The van der Waals surface area contributed by atoms with E-state index >= 15 is 0 Å². The van der Waals surface area contributed by atoms with Crippen LogP contribution in [0.1, 0.15) is 23.2 Å². The van der Waals surface area contributed by atoms with Crippen LogP contribution in [0.4, 0.5) is 0 Å². The largest absolute Gasteiger partial charge is 0.493 e. The van der Waals surface area contributed by atoms with E-state index in [9.17, 15) is 4.79 Å². The molecule has 1 fully saturated rings. The van der Waals surface area contributed by atoms with Gasteiger partial charge in [-0.1, -0.05) is 0 Å². The van der Waals surface area contributed by atoms with Crippen molar-refractivity contribution in [1.29, 1.82) is 0 Å². The Morgan fingerprint density at radius 1 is 1.29 bits per heavy atom. The van der Waals surface area contributed by atoms with Crippen LogP contribution in [0, 0.1) is 0 Å². The third-order valence-electron chi connectivity index (χ3n) is 3.04. The summed E-state index contributed by atoms with van der Waals surface area (Å²) in [7, 11) is 3.15. The average Bonchev–Trinajstić information content (AvgIpc) is 2.90. The molecule has 0 spiro atoms. The Hall–Kier alpha value is -1.55. The van der Waals surface area contributed by atoms with Gasteiger partial charge in [0, 0.05) is 5.56 Å². The smallest absolute Gasteiger partial charge is 0.179 e. The van der Waals surface area contributed by atoms with Gasteiger partial charge in [0.15, 0.2) is 17.3 Å². The highest BCUT2D eigenvalue weighted by molar-refractivity contribution is 6.00. The van der Waals surface area contributed by atoms with Gasteiger partial charge in [-0.2, -0.15) is 0 Å². The van der Waals surface area contributed by atoms with Crippen LogP contribution < -0.4 is 14.8 Å². The highest BCUT2D eigenvalue weighted by atomic mass is 16.5. The van der Waals surface area contributed by atoms with Crippen LogP contribution in [-0.2, 0) is 0 Å². The maximum atomic E-state index is 12.2. The summed E-state index contributed by atoms with van der Waals surface area (Å²) in [5.74, 6) is 1.36. The van der Waals surface area contributed by atoms with E-state index in [1.54, 1.807) is 32.4 Å². The van der Waals surface area contributed by atoms with Crippen molar-refractivity contribution in [2.75, 3.05) is 20.8 Å². The summed E-state index contributed by atoms with van der Waals surface area (Å²) in [5.41, 5.74) is 0.669. The van der Waals surface area contributed by atoms with E-state index in [0.717, 1.165) is 19.4 Å². The molecule has 0 aliphatic carbocycles. The zero-order valence-corrected chi connectivity index (χ0v) is 10.2. The van der Waals surface area contributed by atoms with Crippen LogP contribution in [0.5, 0.6) is 11.5 Å². The monoisotopic (exact) mass is 235 g/mol. The lowest BCUT2D eigenvalue weighted by molar-refractivity contribution is 0.0952. The molecule has 1 aromatic carbocycles. The molecule has 0 bridgehead atoms. The van der Waals surface area contributed by atoms with Crippen LogP contribution in [0.15, 0.2) is 18.2 Å². The van der Waals surface area contributed by atoms with Crippen molar-refractivity contribution in [3.05, 3.63) is 23.8 Å². The first kappa shape index (κ1) is 11.9. The lowest BCUT2D eigenvalue weighted by atomic mass is 10.0. The first-order valence-corrected chi connectivity index (χ1v) is 5.76. The molecule has 4 heteroatoms. The number of methoxy groups -OCH3 is 2. The number of rotatable bonds is 4. The van der Waals surface area contributed by atoms with Crippen molar-refractivity contribution < 1.29 is 14.3 Å². The maximum absolute atomic E-state index is 12.2. The zero-order chi connectivity index (χ0) is 12.3. The zero-order valence-electron chi connectivity index (χ0n) is 10.2. The minimum absolute atomic E-state index is 0.0481. The Bertz CT molecular complexity index is 411. The second-order valence-corrected chi connectivity index (χ2v) is 4.08. The molecule has 1 aliphatic rings. The van der Waals surface area contributed by atoms with E-state index in [1.165, 1.54) is 0 Å². The molecule has 92 valence electrons. The number of carbonyl (C=O) groups is 1. The Morgan fingerprint density at radius 3 is 2.65 bits per heavy atom. The number of ketones is 1. The summed E-state index contributed by atoms with van der Waals surface area (Å²) in [6.45, 7) is 0.920. The van der Waals surface area contributed by atoms with Crippen molar-refractivity contribution in [2.45, 2.75) is 18.9 Å². The second kappa shape index (κ2) is 5.19. The van der Waals surface area contributed by atoms with Crippen molar-refractivity contribution in [1.82, 2.24) is 5.32 Å². The van der Waals surface area contributed by atoms with E-state index in [1.807, 2.05) is 0 Å². The Morgan fingerprint density at radius 2 is 2.06 bits per heavy atom. The van der Waals surface area contributed by atoms with Gasteiger partial charge in [0.1, 0.15) is 0 Å². The second-order valence-electron chi connectivity index (χ2n) is 4.08. The van der Waals surface area contributed by atoms with Crippen molar-refractivity contribution in [2.24, 2.45) is 0 Å². The first-order valence-electron chi connectivity index (χ1n) is 5.76. The average molecular weight is 235 g/mol. The fourth-order valence-corrected chi connectivity index (χ4v) is 2.10. The van der Waals surface area contributed by atoms with Crippen LogP contribution in [-0.4, -0.2) is 32.6 Å². The van der Waals surface area contributed by atoms with Crippen molar-refractivity contribution in [3.63, 3.8) is 0 Å². The summed E-state index contributed by atoms with van der Waals surface area (Å²) >= 11 is 0. The molecule has 0 radical (unpaired) electrons. The van der Waals surface area contributed by atoms with E-state index in [0.29, 0.717) is 17.1 Å². The number of hydrogen-bond donors (Lipinski definition) is 1. The molecular formula is C13H17NO3. The van der Waals surface area contributed by atoms with E-state index in [-0.39, 0.29) is 11.8 Å². The number of ether oxygens (including phenoxy) is 2. The SMILES string of the molecule is COc1ccc(C(=O)C2CCCN2)cc1OC. The fraction of sp³-hybridized carbons (Fsp3) is 0.462. The molecule has 0 saturated carbocycles. The topological polar surface area (TPSA) is 47.6 Å². The number of nitrogens with one attached hydrogen (secondary N) is 1. The normalized spacial score (nSPS) is 19.1. The minimum atomic E-state index is -0.0481. The van der Waals surface area contributed by atoms with Crippen LogP contribution >= 0.6 is 0 Å². The molecular weight excluding hydrogens is 218 g/mol. The van der Waals surface area contributed by atoms with Crippen LogP contribution in [0.25, 0.3) is 0 Å². The lowest BCUT2D eigenvalue weighted by Crippen LogP contribution is -2.30. The minimum Gasteiger partial charge on any atom is -0.493 e. The molecule has 1 unspecified atom stereocenters. The molecule has 1 heterocycles. The molecule has 1 N–H and O–H groups in total. The third-order valence-corrected chi connectivity index (χ3v) is 3.04. The van der Waals surface area contributed by atoms with Gasteiger partial charge in [0.25, 0.3) is 0 Å². The van der Waals surface area contributed by atoms with E-state index in [2.05, 4.69) is 5.32 Å². The molecule has 0 aromatic heterocycles. The van der Waals surface area contributed by atoms with Crippen molar-refractivity contribution >= 4 is 5.78 Å². The van der Waals surface area contributed by atoms with E-state index in [4.69, 9.17) is 9.47 Å². The fourth-order valence-electron chi connectivity index (χ4n) is 2.10. The first-order chi connectivity index (χ1) is 8.26. The molecule has 2 rings (SSSR count). The number of Topliss-reactive ketones (excluding diaryl/α,β-unsaturated/α-hetero) is 1. The molecule has 1 aliphatic heterocycles. The summed E-state index contributed by atoms with van der Waals surface area (Å²) in [5, 5.41) is 3.20. The summed E-state index contributed by atoms with van der Waals surface area (Å²) in [6.07, 6.45) is 1.97. The molecule has 1 atom stereocenters. The molecule has 0 amide bonds. The summed E-state index contributed by atoms with van der Waals surface area (Å²) in [6, 6.07) is 5.24. The quantitative estimate of drug-likeness (QED) is 0.806. The highest BCUT2D eigenvalue weighted by Gasteiger charge is 2.23. The van der Waals surface area contributed by atoms with Gasteiger partial charge >= 0.3 is 0 Å². The van der Waals surface area contributed by atoms with Crippen LogP contribution in [0.3, 0.4) is 0 Å². The predicted octanol–water partition coefficient (Wildman–Crippen LogP) is 1.64. The summed E-state index contributed by atoms with van der Waals surface area (Å²) < 4.78 is 10.3. The predicted molar refractivity (Wildman–Crippen MR) is 64.9 cm³/mol. The third kappa shape index (κ3) is 2.42. The standard InChI is InChI=1S/C13H17NO3/c1-16-11-6-5-9(8-12(11)17-2)13(15)10-4-3-7-14-10/h5-6,8,10,14H,3-4,7H2,1-2H3. The van der Waals surface area contributed by atoms with E-state index < -0.39 is 0 Å². The van der Waals surface area contributed by atoms with Gasteiger partial charge < -0.3 is 14.8 Å². The van der Waals surface area contributed by atoms with Gasteiger partial charge in [-0.3, -0.25) is 4.79 Å². The maximum Gasteiger partial charge on any atom is 0.179 e. The van der Waals surface area contributed by atoms with Gasteiger partial charge in [-0.25, -0.2) is 0 Å². The Kier molecular flexibility index (Phi) is 3.64. The molecule has 17 heavy (non-hydrogen) atoms. The molecule has 4 nitrogen and oxygen atoms in total. The van der Waals surface area contributed by atoms with Gasteiger partial charge in [0.05, 0.1) is 20.3 Å². The molecule has 1 aromatic rings. The number of hydrogen-bond acceptors (Lipinski definition) is 4. The Balaban J connectivity index is 2.23. The number of carbonyl (C=O) groups excluding carboxylic acids is 1. The highest BCUT2D eigenvalue weighted by Crippen LogP contribution is 2.28. The molecule has 1 saturated heterocycles.